The topological polar surface area (TPSA) is 64.6 Å². The molecule has 1 atom stereocenters. The summed E-state index contributed by atoms with van der Waals surface area (Å²) in [4.78, 5) is 14.3. The fraction of sp³-hybridized carbons (Fsp3) is 0.611. The first kappa shape index (κ1) is 17.8. The molecule has 0 radical (unpaired) electrons. The SMILES string of the molecule is CCC(CO)NC(=O)NCC1CCN(Cc2ccccc2)CC1. The maximum Gasteiger partial charge on any atom is 0.315 e. The standard InChI is InChI=1S/C18H29N3O2/c1-2-17(14-22)20-18(23)19-12-15-8-10-21(11-9-15)13-16-6-4-3-5-7-16/h3-7,15,17,22H,2,8-14H2,1H3,(H2,19,20,23). The number of rotatable bonds is 7. The molecule has 128 valence electrons. The van der Waals surface area contributed by atoms with Crippen molar-refractivity contribution in [2.75, 3.05) is 26.2 Å². The summed E-state index contributed by atoms with van der Waals surface area (Å²) in [5.74, 6) is 0.543. The highest BCUT2D eigenvalue weighted by Gasteiger charge is 2.20. The smallest absolute Gasteiger partial charge is 0.315 e. The van der Waals surface area contributed by atoms with Crippen molar-refractivity contribution in [3.8, 4) is 0 Å². The summed E-state index contributed by atoms with van der Waals surface area (Å²) < 4.78 is 0. The normalized spacial score (nSPS) is 17.7. The second-order valence-electron chi connectivity index (χ2n) is 6.35. The fourth-order valence-corrected chi connectivity index (χ4v) is 2.94. The number of aliphatic hydroxyl groups excluding tert-OH is 1. The van der Waals surface area contributed by atoms with Crippen LogP contribution in [0, 0.1) is 5.92 Å². The third kappa shape index (κ3) is 6.20. The number of hydrogen-bond donors (Lipinski definition) is 3. The Kier molecular flexibility index (Phi) is 7.36. The van der Waals surface area contributed by atoms with E-state index in [2.05, 4.69) is 39.8 Å². The molecule has 0 saturated carbocycles. The van der Waals surface area contributed by atoms with Gasteiger partial charge in [0.1, 0.15) is 0 Å². The van der Waals surface area contributed by atoms with E-state index in [4.69, 9.17) is 5.11 Å². The summed E-state index contributed by atoms with van der Waals surface area (Å²) in [7, 11) is 0. The molecular formula is C18H29N3O2. The van der Waals surface area contributed by atoms with Crippen molar-refractivity contribution in [2.45, 2.75) is 38.8 Å². The van der Waals surface area contributed by atoms with Crippen LogP contribution in [-0.4, -0.2) is 48.3 Å². The van der Waals surface area contributed by atoms with Crippen molar-refractivity contribution < 1.29 is 9.90 Å². The van der Waals surface area contributed by atoms with Crippen LogP contribution in [0.5, 0.6) is 0 Å². The minimum atomic E-state index is -0.169. The van der Waals surface area contributed by atoms with E-state index >= 15 is 0 Å². The first-order valence-corrected chi connectivity index (χ1v) is 8.62. The van der Waals surface area contributed by atoms with Crippen LogP contribution in [-0.2, 0) is 6.54 Å². The third-order valence-electron chi connectivity index (χ3n) is 4.56. The number of nitrogens with zero attached hydrogens (tertiary/aromatic N) is 1. The van der Waals surface area contributed by atoms with Crippen LogP contribution in [0.1, 0.15) is 31.7 Å². The van der Waals surface area contributed by atoms with Gasteiger partial charge in [-0.15, -0.1) is 0 Å². The Morgan fingerprint density at radius 2 is 2.00 bits per heavy atom. The van der Waals surface area contributed by atoms with E-state index in [-0.39, 0.29) is 18.7 Å². The second kappa shape index (κ2) is 9.53. The van der Waals surface area contributed by atoms with Gasteiger partial charge in [0, 0.05) is 13.1 Å². The van der Waals surface area contributed by atoms with Crippen molar-refractivity contribution >= 4 is 6.03 Å². The van der Waals surface area contributed by atoms with E-state index < -0.39 is 0 Å². The average molecular weight is 319 g/mol. The molecule has 0 bridgehead atoms. The molecule has 1 aromatic rings. The van der Waals surface area contributed by atoms with Gasteiger partial charge in [-0.1, -0.05) is 37.3 Å². The minimum Gasteiger partial charge on any atom is -0.394 e. The average Bonchev–Trinajstić information content (AvgIpc) is 2.60. The highest BCUT2D eigenvalue weighted by molar-refractivity contribution is 5.74. The molecule has 1 heterocycles. The molecule has 1 aliphatic rings. The summed E-state index contributed by atoms with van der Waals surface area (Å²) in [5, 5.41) is 14.8. The number of aliphatic hydroxyl groups is 1. The number of benzene rings is 1. The number of piperidine rings is 1. The van der Waals surface area contributed by atoms with Gasteiger partial charge in [0.05, 0.1) is 12.6 Å². The molecule has 1 unspecified atom stereocenters. The molecule has 2 rings (SSSR count). The Labute approximate surface area is 139 Å². The predicted molar refractivity (Wildman–Crippen MR) is 92.1 cm³/mol. The van der Waals surface area contributed by atoms with E-state index in [1.807, 2.05) is 13.0 Å². The first-order chi connectivity index (χ1) is 11.2. The van der Waals surface area contributed by atoms with E-state index in [0.29, 0.717) is 12.5 Å². The molecule has 1 fully saturated rings. The van der Waals surface area contributed by atoms with E-state index in [1.54, 1.807) is 0 Å². The molecule has 3 N–H and O–H groups in total. The van der Waals surface area contributed by atoms with Crippen LogP contribution >= 0.6 is 0 Å². The quantitative estimate of drug-likeness (QED) is 0.720. The second-order valence-corrected chi connectivity index (χ2v) is 6.35. The zero-order valence-corrected chi connectivity index (χ0v) is 14.0. The Bertz CT molecular complexity index is 455. The molecule has 0 aliphatic carbocycles. The number of amides is 2. The van der Waals surface area contributed by atoms with Gasteiger partial charge in [-0.05, 0) is 43.8 Å². The molecule has 23 heavy (non-hydrogen) atoms. The van der Waals surface area contributed by atoms with Gasteiger partial charge in [-0.2, -0.15) is 0 Å². The predicted octanol–water partition coefficient (Wildman–Crippen LogP) is 1.97. The van der Waals surface area contributed by atoms with Crippen molar-refractivity contribution in [2.24, 2.45) is 5.92 Å². The Hall–Kier alpha value is -1.59. The molecule has 0 spiro atoms. The first-order valence-electron chi connectivity index (χ1n) is 8.62. The van der Waals surface area contributed by atoms with Crippen LogP contribution in [0.2, 0.25) is 0 Å². The van der Waals surface area contributed by atoms with Crippen LogP contribution in [0.15, 0.2) is 30.3 Å². The van der Waals surface area contributed by atoms with Crippen molar-refractivity contribution in [1.82, 2.24) is 15.5 Å². The summed E-state index contributed by atoms with van der Waals surface area (Å²) in [5.41, 5.74) is 1.36. The Morgan fingerprint density at radius 3 is 2.61 bits per heavy atom. The molecule has 1 aromatic carbocycles. The minimum absolute atomic E-state index is 0.0121. The molecule has 1 saturated heterocycles. The largest absolute Gasteiger partial charge is 0.394 e. The lowest BCUT2D eigenvalue weighted by atomic mass is 9.96. The van der Waals surface area contributed by atoms with Crippen LogP contribution < -0.4 is 10.6 Å². The van der Waals surface area contributed by atoms with Gasteiger partial charge in [0.25, 0.3) is 0 Å². The summed E-state index contributed by atoms with van der Waals surface area (Å²) >= 11 is 0. The highest BCUT2D eigenvalue weighted by Crippen LogP contribution is 2.18. The van der Waals surface area contributed by atoms with Gasteiger partial charge < -0.3 is 15.7 Å². The number of hydrogen-bond acceptors (Lipinski definition) is 3. The fourth-order valence-electron chi connectivity index (χ4n) is 2.94. The molecule has 5 heteroatoms. The number of likely N-dealkylation sites (tertiary alicyclic amines) is 1. The van der Waals surface area contributed by atoms with Gasteiger partial charge in [0.2, 0.25) is 0 Å². The number of carbonyl (C=O) groups excluding carboxylic acids is 1. The molecule has 5 nitrogen and oxygen atoms in total. The van der Waals surface area contributed by atoms with Crippen molar-refractivity contribution in [3.63, 3.8) is 0 Å². The summed E-state index contributed by atoms with van der Waals surface area (Å²) in [6.07, 6.45) is 2.97. The van der Waals surface area contributed by atoms with Crippen molar-refractivity contribution in [1.29, 1.82) is 0 Å². The number of carbonyl (C=O) groups is 1. The molecule has 0 aromatic heterocycles. The van der Waals surface area contributed by atoms with E-state index in [9.17, 15) is 4.79 Å². The summed E-state index contributed by atoms with van der Waals surface area (Å²) in [6.45, 7) is 5.82. The van der Waals surface area contributed by atoms with Crippen LogP contribution in [0.25, 0.3) is 0 Å². The molecular weight excluding hydrogens is 290 g/mol. The zero-order chi connectivity index (χ0) is 16.5. The number of urea groups is 1. The number of nitrogens with one attached hydrogen (secondary N) is 2. The Balaban J connectivity index is 1.64. The van der Waals surface area contributed by atoms with Gasteiger partial charge in [-0.3, -0.25) is 4.90 Å². The van der Waals surface area contributed by atoms with Crippen molar-refractivity contribution in [3.05, 3.63) is 35.9 Å². The monoisotopic (exact) mass is 319 g/mol. The third-order valence-corrected chi connectivity index (χ3v) is 4.56. The van der Waals surface area contributed by atoms with E-state index in [1.165, 1.54) is 5.56 Å². The molecule has 2 amide bonds. The van der Waals surface area contributed by atoms with E-state index in [0.717, 1.165) is 38.9 Å². The maximum absolute atomic E-state index is 11.8. The van der Waals surface area contributed by atoms with Gasteiger partial charge in [-0.25, -0.2) is 4.79 Å². The van der Waals surface area contributed by atoms with Gasteiger partial charge >= 0.3 is 6.03 Å². The highest BCUT2D eigenvalue weighted by atomic mass is 16.3. The maximum atomic E-state index is 11.8. The van der Waals surface area contributed by atoms with Crippen LogP contribution in [0.3, 0.4) is 0 Å². The zero-order valence-electron chi connectivity index (χ0n) is 14.0. The lowest BCUT2D eigenvalue weighted by Crippen LogP contribution is -2.46. The molecule has 1 aliphatic heterocycles. The van der Waals surface area contributed by atoms with Gasteiger partial charge in [0.15, 0.2) is 0 Å². The van der Waals surface area contributed by atoms with Crippen LogP contribution in [0.4, 0.5) is 4.79 Å². The lowest BCUT2D eigenvalue weighted by molar-refractivity contribution is 0.173. The lowest BCUT2D eigenvalue weighted by Gasteiger charge is -2.32. The Morgan fingerprint density at radius 1 is 1.30 bits per heavy atom. The summed E-state index contributed by atoms with van der Waals surface area (Å²) in [6, 6.07) is 10.2.